The summed E-state index contributed by atoms with van der Waals surface area (Å²) in [5, 5.41) is 0. The van der Waals surface area contributed by atoms with Gasteiger partial charge in [-0.2, -0.15) is 0 Å². The van der Waals surface area contributed by atoms with Crippen LogP contribution in [0.25, 0.3) is 22.3 Å². The first kappa shape index (κ1) is 23.7. The number of nitrogens with one attached hydrogen (secondary N) is 1. The second-order valence-corrected chi connectivity index (χ2v) is 11.6. The zero-order chi connectivity index (χ0) is 23.6. The topological polar surface area (TPSA) is 49.4 Å². The van der Waals surface area contributed by atoms with Crippen molar-refractivity contribution >= 4 is 10.0 Å². The molecule has 0 bridgehead atoms. The average Bonchev–Trinajstić information content (AvgIpc) is 3.32. The van der Waals surface area contributed by atoms with Gasteiger partial charge in [-0.05, 0) is 81.9 Å². The third-order valence-corrected chi connectivity index (χ3v) is 8.04. The first-order valence-corrected chi connectivity index (χ1v) is 13.2. The van der Waals surface area contributed by atoms with Crippen molar-refractivity contribution in [1.82, 2.24) is 9.62 Å². The fourth-order valence-electron chi connectivity index (χ4n) is 4.53. The van der Waals surface area contributed by atoms with Gasteiger partial charge in [0.25, 0.3) is 0 Å². The number of nitrogens with zero attached hydrogens (tertiary/aromatic N) is 1. The summed E-state index contributed by atoms with van der Waals surface area (Å²) < 4.78 is 28.8. The Balaban J connectivity index is 1.57. The Morgan fingerprint density at radius 2 is 1.30 bits per heavy atom. The Hall–Kier alpha value is -2.47. The molecule has 1 saturated heterocycles. The zero-order valence-corrected chi connectivity index (χ0v) is 20.8. The van der Waals surface area contributed by atoms with Crippen LogP contribution in [0.1, 0.15) is 52.1 Å². The molecule has 5 heteroatoms. The molecule has 4 nitrogen and oxygen atoms in total. The molecule has 0 spiro atoms. The van der Waals surface area contributed by atoms with Gasteiger partial charge in [0.1, 0.15) is 0 Å². The molecule has 0 radical (unpaired) electrons. The lowest BCUT2D eigenvalue weighted by Crippen LogP contribution is -2.40. The van der Waals surface area contributed by atoms with E-state index in [1.165, 1.54) is 31.5 Å². The lowest BCUT2D eigenvalue weighted by Gasteiger charge is -2.24. The van der Waals surface area contributed by atoms with Crippen molar-refractivity contribution in [1.29, 1.82) is 0 Å². The summed E-state index contributed by atoms with van der Waals surface area (Å²) in [5.41, 5.74) is 4.67. The highest BCUT2D eigenvalue weighted by atomic mass is 32.2. The van der Waals surface area contributed by atoms with Crippen molar-refractivity contribution in [2.45, 2.75) is 57.0 Å². The normalized spacial score (nSPS) is 16.1. The smallest absolute Gasteiger partial charge is 0.241 e. The van der Waals surface area contributed by atoms with E-state index in [-0.39, 0.29) is 0 Å². The summed E-state index contributed by atoms with van der Waals surface area (Å²) >= 11 is 0. The molecular weight excluding hydrogens is 428 g/mol. The van der Waals surface area contributed by atoms with Crippen LogP contribution in [0.15, 0.2) is 77.7 Å². The third kappa shape index (κ3) is 5.55. The van der Waals surface area contributed by atoms with E-state index in [0.29, 0.717) is 16.5 Å². The number of benzene rings is 3. The molecule has 1 N–H and O–H groups in total. The molecule has 1 aliphatic heterocycles. The molecule has 1 aliphatic rings. The van der Waals surface area contributed by atoms with E-state index in [2.05, 4.69) is 52.9 Å². The van der Waals surface area contributed by atoms with Crippen molar-refractivity contribution in [3.8, 4) is 22.3 Å². The van der Waals surface area contributed by atoms with E-state index in [1.807, 2.05) is 45.0 Å². The van der Waals surface area contributed by atoms with Gasteiger partial charge in [0, 0.05) is 17.1 Å². The van der Waals surface area contributed by atoms with Crippen LogP contribution in [0.5, 0.6) is 0 Å². The predicted octanol–water partition coefficient (Wildman–Crippen LogP) is 6.25. The van der Waals surface area contributed by atoms with Gasteiger partial charge in [0.15, 0.2) is 0 Å². The summed E-state index contributed by atoms with van der Waals surface area (Å²) in [5.74, 6) is 0. The van der Waals surface area contributed by atoms with Gasteiger partial charge in [-0.15, -0.1) is 0 Å². The lowest BCUT2D eigenvalue weighted by atomic mass is 9.98. The van der Waals surface area contributed by atoms with Gasteiger partial charge in [-0.3, -0.25) is 4.90 Å². The van der Waals surface area contributed by atoms with E-state index in [4.69, 9.17) is 0 Å². The molecule has 174 valence electrons. The van der Waals surface area contributed by atoms with Crippen LogP contribution in [0, 0.1) is 0 Å². The van der Waals surface area contributed by atoms with E-state index >= 15 is 0 Å². The van der Waals surface area contributed by atoms with Crippen molar-refractivity contribution in [2.24, 2.45) is 0 Å². The maximum atomic E-state index is 13.0. The summed E-state index contributed by atoms with van der Waals surface area (Å²) in [6.45, 7) is 10.2. The van der Waals surface area contributed by atoms with Gasteiger partial charge in [-0.25, -0.2) is 13.1 Å². The van der Waals surface area contributed by atoms with Crippen LogP contribution in [-0.4, -0.2) is 31.9 Å². The third-order valence-electron chi connectivity index (χ3n) is 6.23. The number of hydrogen-bond donors (Lipinski definition) is 1. The zero-order valence-electron chi connectivity index (χ0n) is 20.0. The minimum atomic E-state index is -3.63. The minimum Gasteiger partial charge on any atom is -0.297 e. The Morgan fingerprint density at radius 1 is 0.788 bits per heavy atom. The average molecular weight is 463 g/mol. The Bertz CT molecular complexity index is 1190. The molecule has 1 atom stereocenters. The Morgan fingerprint density at radius 3 is 1.88 bits per heavy atom. The molecule has 0 amide bonds. The second kappa shape index (κ2) is 9.41. The molecule has 3 aromatic carbocycles. The maximum Gasteiger partial charge on any atom is 0.241 e. The van der Waals surface area contributed by atoms with E-state index in [1.54, 1.807) is 12.1 Å². The lowest BCUT2D eigenvalue weighted by molar-refractivity contribution is 0.263. The first-order chi connectivity index (χ1) is 15.6. The van der Waals surface area contributed by atoms with Crippen molar-refractivity contribution in [3.63, 3.8) is 0 Å². The summed E-state index contributed by atoms with van der Waals surface area (Å²) in [7, 11) is -3.63. The number of sulfonamides is 1. The van der Waals surface area contributed by atoms with Gasteiger partial charge >= 0.3 is 0 Å². The highest BCUT2D eigenvalue weighted by Crippen LogP contribution is 2.31. The van der Waals surface area contributed by atoms with Crippen molar-refractivity contribution < 1.29 is 8.42 Å². The number of hydrogen-bond acceptors (Lipinski definition) is 3. The molecule has 33 heavy (non-hydrogen) atoms. The van der Waals surface area contributed by atoms with Crippen LogP contribution in [0.3, 0.4) is 0 Å². The van der Waals surface area contributed by atoms with Crippen molar-refractivity contribution in [3.05, 3.63) is 78.4 Å². The van der Waals surface area contributed by atoms with Crippen LogP contribution in [-0.2, 0) is 10.0 Å². The van der Waals surface area contributed by atoms with E-state index in [0.717, 1.165) is 16.7 Å². The number of likely N-dealkylation sites (tertiary alicyclic amines) is 1. The van der Waals surface area contributed by atoms with Gasteiger partial charge in [0.05, 0.1) is 4.90 Å². The first-order valence-electron chi connectivity index (χ1n) is 11.7. The molecule has 3 aromatic rings. The molecular formula is C28H34N2O2S. The standard InChI is InChI=1S/C28H34N2O2S/c1-21(30-19-7-8-20-30)22-11-13-23(14-12-22)24-15-17-25(18-16-24)26-9-5-6-10-27(26)33(31,32)29-28(2,3)4/h5-6,9-18,21,29H,7-8,19-20H2,1-4H3. The molecule has 1 heterocycles. The van der Waals surface area contributed by atoms with Crippen LogP contribution < -0.4 is 4.72 Å². The number of rotatable bonds is 6. The quantitative estimate of drug-likeness (QED) is 0.471. The van der Waals surface area contributed by atoms with Gasteiger partial charge in [0.2, 0.25) is 10.0 Å². The van der Waals surface area contributed by atoms with Crippen molar-refractivity contribution in [2.75, 3.05) is 13.1 Å². The molecule has 0 aliphatic carbocycles. The van der Waals surface area contributed by atoms with Crippen LogP contribution in [0.4, 0.5) is 0 Å². The minimum absolute atomic E-state index is 0.299. The summed E-state index contributed by atoms with van der Waals surface area (Å²) in [6.07, 6.45) is 2.59. The fraction of sp³-hybridized carbons (Fsp3) is 0.357. The monoisotopic (exact) mass is 462 g/mol. The molecule has 1 unspecified atom stereocenters. The Labute approximate surface area is 198 Å². The fourth-order valence-corrected chi connectivity index (χ4v) is 6.18. The molecule has 0 aromatic heterocycles. The molecule has 0 saturated carbocycles. The van der Waals surface area contributed by atoms with E-state index < -0.39 is 15.6 Å². The molecule has 4 rings (SSSR count). The second-order valence-electron chi connectivity index (χ2n) is 9.97. The highest BCUT2D eigenvalue weighted by molar-refractivity contribution is 7.89. The van der Waals surface area contributed by atoms with Crippen LogP contribution in [0.2, 0.25) is 0 Å². The summed E-state index contributed by atoms with van der Waals surface area (Å²) in [4.78, 5) is 2.84. The van der Waals surface area contributed by atoms with Gasteiger partial charge < -0.3 is 0 Å². The predicted molar refractivity (Wildman–Crippen MR) is 137 cm³/mol. The van der Waals surface area contributed by atoms with E-state index in [9.17, 15) is 8.42 Å². The maximum absolute atomic E-state index is 13.0. The highest BCUT2D eigenvalue weighted by Gasteiger charge is 2.25. The van der Waals surface area contributed by atoms with Crippen LogP contribution >= 0.6 is 0 Å². The summed E-state index contributed by atoms with van der Waals surface area (Å²) in [6, 6.07) is 24.6. The largest absolute Gasteiger partial charge is 0.297 e. The molecule has 1 fully saturated rings. The van der Waals surface area contributed by atoms with Gasteiger partial charge in [-0.1, -0.05) is 66.7 Å². The SMILES string of the molecule is CC(c1ccc(-c2ccc(-c3ccccc3S(=O)(=O)NC(C)(C)C)cc2)cc1)N1CCCC1. The Kier molecular flexibility index (Phi) is 6.76.